The number of aliphatic carboxylic acids is 2. The molecule has 0 aliphatic rings. The monoisotopic (exact) mass is 281 g/mol. The summed E-state index contributed by atoms with van der Waals surface area (Å²) >= 11 is 0. The standard InChI is InChI=1S/C14H19NO5/c1-9-2-4-10(5-3-9)14(20)11(8-13(18)19)15-7-6-12(16)17/h2-5,11,14-15,20H,6-8H2,1H3,(H,16,17)(H,18,19). The van der Waals surface area contributed by atoms with Gasteiger partial charge in [0.1, 0.15) is 0 Å². The van der Waals surface area contributed by atoms with E-state index in [1.807, 2.05) is 19.1 Å². The Morgan fingerprint density at radius 1 is 1.15 bits per heavy atom. The molecule has 0 saturated heterocycles. The van der Waals surface area contributed by atoms with Crippen LogP contribution in [-0.4, -0.2) is 39.8 Å². The average Bonchev–Trinajstić information content (AvgIpc) is 2.37. The van der Waals surface area contributed by atoms with Gasteiger partial charge in [0.15, 0.2) is 0 Å². The third kappa shape index (κ3) is 5.38. The molecule has 110 valence electrons. The second-order valence-corrected chi connectivity index (χ2v) is 4.66. The fraction of sp³-hybridized carbons (Fsp3) is 0.429. The summed E-state index contributed by atoms with van der Waals surface area (Å²) in [4.78, 5) is 21.3. The van der Waals surface area contributed by atoms with Gasteiger partial charge in [-0.15, -0.1) is 0 Å². The SMILES string of the molecule is Cc1ccc(C(O)C(CC(=O)O)NCCC(=O)O)cc1. The van der Waals surface area contributed by atoms with Gasteiger partial charge in [-0.05, 0) is 12.5 Å². The summed E-state index contributed by atoms with van der Waals surface area (Å²) in [5.41, 5.74) is 1.64. The third-order valence-corrected chi connectivity index (χ3v) is 2.94. The largest absolute Gasteiger partial charge is 0.481 e. The van der Waals surface area contributed by atoms with E-state index in [0.717, 1.165) is 5.56 Å². The number of carbonyl (C=O) groups is 2. The van der Waals surface area contributed by atoms with Crippen molar-refractivity contribution in [3.8, 4) is 0 Å². The van der Waals surface area contributed by atoms with E-state index in [9.17, 15) is 14.7 Å². The number of rotatable bonds is 8. The maximum Gasteiger partial charge on any atom is 0.305 e. The van der Waals surface area contributed by atoms with Gasteiger partial charge in [0, 0.05) is 12.6 Å². The molecule has 4 N–H and O–H groups in total. The number of hydrogen-bond donors (Lipinski definition) is 4. The van der Waals surface area contributed by atoms with Crippen molar-refractivity contribution in [1.29, 1.82) is 0 Å². The highest BCUT2D eigenvalue weighted by Gasteiger charge is 2.23. The highest BCUT2D eigenvalue weighted by molar-refractivity contribution is 5.68. The van der Waals surface area contributed by atoms with Crippen molar-refractivity contribution in [2.45, 2.75) is 31.9 Å². The van der Waals surface area contributed by atoms with Crippen LogP contribution in [0.4, 0.5) is 0 Å². The first-order chi connectivity index (χ1) is 9.40. The molecule has 0 radical (unpaired) electrons. The van der Waals surface area contributed by atoms with E-state index in [4.69, 9.17) is 10.2 Å². The molecule has 20 heavy (non-hydrogen) atoms. The minimum atomic E-state index is -1.05. The quantitative estimate of drug-likeness (QED) is 0.565. The van der Waals surface area contributed by atoms with Gasteiger partial charge in [-0.1, -0.05) is 29.8 Å². The molecule has 0 fully saturated rings. The summed E-state index contributed by atoms with van der Waals surface area (Å²) in [6, 6.07) is 6.39. The van der Waals surface area contributed by atoms with Crippen LogP contribution in [-0.2, 0) is 9.59 Å². The van der Waals surface area contributed by atoms with Crippen LogP contribution in [0.3, 0.4) is 0 Å². The molecule has 0 bridgehead atoms. The number of benzene rings is 1. The van der Waals surface area contributed by atoms with Crippen molar-refractivity contribution in [1.82, 2.24) is 5.32 Å². The van der Waals surface area contributed by atoms with E-state index < -0.39 is 24.1 Å². The summed E-state index contributed by atoms with van der Waals surface area (Å²) in [5.74, 6) is -2.03. The van der Waals surface area contributed by atoms with Crippen LogP contribution in [0.25, 0.3) is 0 Å². The Balaban J connectivity index is 2.72. The second kappa shape index (κ2) is 7.62. The lowest BCUT2D eigenvalue weighted by molar-refractivity contribution is -0.138. The number of aliphatic hydroxyl groups excluding tert-OH is 1. The fourth-order valence-corrected chi connectivity index (χ4v) is 1.84. The van der Waals surface area contributed by atoms with E-state index in [2.05, 4.69) is 5.32 Å². The van der Waals surface area contributed by atoms with Gasteiger partial charge < -0.3 is 20.6 Å². The van der Waals surface area contributed by atoms with Crippen LogP contribution in [0.5, 0.6) is 0 Å². The van der Waals surface area contributed by atoms with Crippen molar-refractivity contribution in [2.24, 2.45) is 0 Å². The number of carboxylic acid groups (broad SMARTS) is 2. The maximum absolute atomic E-state index is 10.8. The van der Waals surface area contributed by atoms with Gasteiger partial charge in [-0.3, -0.25) is 9.59 Å². The van der Waals surface area contributed by atoms with E-state index in [-0.39, 0.29) is 19.4 Å². The second-order valence-electron chi connectivity index (χ2n) is 4.66. The van der Waals surface area contributed by atoms with Crippen molar-refractivity contribution in [2.75, 3.05) is 6.54 Å². The molecule has 0 aliphatic heterocycles. The number of nitrogens with one attached hydrogen (secondary N) is 1. The lowest BCUT2D eigenvalue weighted by Gasteiger charge is -2.23. The van der Waals surface area contributed by atoms with Crippen molar-refractivity contribution < 1.29 is 24.9 Å². The molecule has 2 unspecified atom stereocenters. The highest BCUT2D eigenvalue weighted by atomic mass is 16.4. The Morgan fingerprint density at radius 2 is 1.75 bits per heavy atom. The minimum absolute atomic E-state index is 0.107. The van der Waals surface area contributed by atoms with Gasteiger partial charge in [-0.2, -0.15) is 0 Å². The molecule has 1 aromatic carbocycles. The van der Waals surface area contributed by atoms with Crippen LogP contribution in [0.2, 0.25) is 0 Å². The van der Waals surface area contributed by atoms with Gasteiger partial charge in [0.05, 0.1) is 18.9 Å². The summed E-state index contributed by atoms with van der Waals surface area (Å²) in [6.45, 7) is 2.02. The lowest BCUT2D eigenvalue weighted by Crippen LogP contribution is -2.38. The zero-order valence-corrected chi connectivity index (χ0v) is 11.2. The number of aryl methyl sites for hydroxylation is 1. The number of aliphatic hydroxyl groups is 1. The predicted molar refractivity (Wildman–Crippen MR) is 72.4 cm³/mol. The van der Waals surface area contributed by atoms with E-state index >= 15 is 0 Å². The normalized spacial score (nSPS) is 13.7. The first-order valence-corrected chi connectivity index (χ1v) is 6.31. The van der Waals surface area contributed by atoms with Gasteiger partial charge in [-0.25, -0.2) is 0 Å². The van der Waals surface area contributed by atoms with Crippen molar-refractivity contribution in [3.05, 3.63) is 35.4 Å². The molecule has 6 heteroatoms. The Hall–Kier alpha value is -1.92. The average molecular weight is 281 g/mol. The highest BCUT2D eigenvalue weighted by Crippen LogP contribution is 2.19. The van der Waals surface area contributed by atoms with Crippen LogP contribution >= 0.6 is 0 Å². The Kier molecular flexibility index (Phi) is 6.14. The molecule has 1 rings (SSSR count). The topological polar surface area (TPSA) is 107 Å². The van der Waals surface area contributed by atoms with Crippen LogP contribution in [0.15, 0.2) is 24.3 Å². The van der Waals surface area contributed by atoms with E-state index in [0.29, 0.717) is 5.56 Å². The molecule has 0 saturated carbocycles. The van der Waals surface area contributed by atoms with E-state index in [1.165, 1.54) is 0 Å². The lowest BCUT2D eigenvalue weighted by atomic mass is 9.98. The van der Waals surface area contributed by atoms with Gasteiger partial charge >= 0.3 is 11.9 Å². The fourth-order valence-electron chi connectivity index (χ4n) is 1.84. The molecule has 0 amide bonds. The Bertz CT molecular complexity index is 457. The molecule has 0 aliphatic carbocycles. The molecule has 0 heterocycles. The minimum Gasteiger partial charge on any atom is -0.481 e. The Morgan fingerprint density at radius 3 is 2.25 bits per heavy atom. The molecule has 0 spiro atoms. The zero-order valence-electron chi connectivity index (χ0n) is 11.2. The Labute approximate surface area is 117 Å². The molecule has 6 nitrogen and oxygen atoms in total. The first-order valence-electron chi connectivity index (χ1n) is 6.31. The first kappa shape index (κ1) is 16.1. The number of carboxylic acids is 2. The van der Waals surface area contributed by atoms with Crippen LogP contribution in [0, 0.1) is 6.92 Å². The number of hydrogen-bond acceptors (Lipinski definition) is 4. The smallest absolute Gasteiger partial charge is 0.305 e. The molecule has 1 aromatic rings. The molecular formula is C14H19NO5. The molecule has 2 atom stereocenters. The summed E-state index contributed by atoms with van der Waals surface area (Å²) in [7, 11) is 0. The summed E-state index contributed by atoms with van der Waals surface area (Å²) in [5, 5.41) is 30.4. The predicted octanol–water partition coefficient (Wildman–Crippen LogP) is 0.936. The molecule has 0 aromatic heterocycles. The summed E-state index contributed by atoms with van der Waals surface area (Å²) < 4.78 is 0. The maximum atomic E-state index is 10.8. The van der Waals surface area contributed by atoms with Crippen molar-refractivity contribution in [3.63, 3.8) is 0 Å². The van der Waals surface area contributed by atoms with Gasteiger partial charge in [0.25, 0.3) is 0 Å². The van der Waals surface area contributed by atoms with Crippen LogP contribution in [0.1, 0.15) is 30.1 Å². The van der Waals surface area contributed by atoms with Crippen molar-refractivity contribution >= 4 is 11.9 Å². The van der Waals surface area contributed by atoms with Crippen LogP contribution < -0.4 is 5.32 Å². The summed E-state index contributed by atoms with van der Waals surface area (Å²) in [6.07, 6.45) is -1.41. The molecular weight excluding hydrogens is 262 g/mol. The third-order valence-electron chi connectivity index (χ3n) is 2.94. The van der Waals surface area contributed by atoms with E-state index in [1.54, 1.807) is 12.1 Å². The zero-order chi connectivity index (χ0) is 15.1. The van der Waals surface area contributed by atoms with Gasteiger partial charge in [0.2, 0.25) is 0 Å².